The maximum absolute atomic E-state index is 5.48. The second-order valence-electron chi connectivity index (χ2n) is 2.94. The number of methoxy groups -OCH3 is 1. The predicted molar refractivity (Wildman–Crippen MR) is 53.0 cm³/mol. The third-order valence-electron chi connectivity index (χ3n) is 1.74. The minimum atomic E-state index is 0.507. The van der Waals surface area contributed by atoms with Crippen LogP contribution in [0.15, 0.2) is 16.5 Å². The Morgan fingerprint density at radius 1 is 1.29 bits per heavy atom. The quantitative estimate of drug-likeness (QED) is 0.669. The molecule has 0 saturated carbocycles. The van der Waals surface area contributed by atoms with E-state index in [-0.39, 0.29) is 0 Å². The number of rotatable bonds is 7. The van der Waals surface area contributed by atoms with Gasteiger partial charge in [-0.05, 0) is 19.2 Å². The second kappa shape index (κ2) is 6.59. The Balaban J connectivity index is 2.22. The highest BCUT2D eigenvalue weighted by Crippen LogP contribution is 2.08. The van der Waals surface area contributed by atoms with E-state index in [0.717, 1.165) is 18.1 Å². The van der Waals surface area contributed by atoms with Gasteiger partial charge < -0.3 is 19.2 Å². The van der Waals surface area contributed by atoms with E-state index in [2.05, 4.69) is 5.32 Å². The van der Waals surface area contributed by atoms with Crippen LogP contribution in [0.4, 0.5) is 0 Å². The fourth-order valence-electron chi connectivity index (χ4n) is 1.08. The van der Waals surface area contributed by atoms with Gasteiger partial charge >= 0.3 is 0 Å². The van der Waals surface area contributed by atoms with Crippen LogP contribution in [0.3, 0.4) is 0 Å². The smallest absolute Gasteiger partial charge is 0.129 e. The highest BCUT2D eigenvalue weighted by molar-refractivity contribution is 5.06. The van der Waals surface area contributed by atoms with Crippen molar-refractivity contribution in [2.75, 3.05) is 27.4 Å². The molecule has 1 aromatic heterocycles. The van der Waals surface area contributed by atoms with Gasteiger partial charge in [0, 0.05) is 7.11 Å². The van der Waals surface area contributed by atoms with Crippen molar-refractivity contribution in [3.63, 3.8) is 0 Å². The van der Waals surface area contributed by atoms with E-state index in [1.165, 1.54) is 0 Å². The molecule has 0 aliphatic rings. The van der Waals surface area contributed by atoms with Crippen LogP contribution in [0.1, 0.15) is 11.5 Å². The zero-order valence-electron chi connectivity index (χ0n) is 8.71. The maximum Gasteiger partial charge on any atom is 0.129 e. The zero-order valence-corrected chi connectivity index (χ0v) is 8.71. The van der Waals surface area contributed by atoms with Gasteiger partial charge in [-0.1, -0.05) is 0 Å². The van der Waals surface area contributed by atoms with E-state index in [9.17, 15) is 0 Å². The Labute approximate surface area is 84.2 Å². The van der Waals surface area contributed by atoms with Crippen molar-refractivity contribution in [1.29, 1.82) is 0 Å². The number of hydrogen-bond donors (Lipinski definition) is 1. The normalized spacial score (nSPS) is 10.7. The zero-order chi connectivity index (χ0) is 10.2. The molecule has 0 radical (unpaired) electrons. The SMILES string of the molecule is CNCc1ccc(COCCOC)o1. The topological polar surface area (TPSA) is 43.6 Å². The molecule has 1 N–H and O–H groups in total. The van der Waals surface area contributed by atoms with Crippen LogP contribution in [0, 0.1) is 0 Å². The van der Waals surface area contributed by atoms with Crippen molar-refractivity contribution in [1.82, 2.24) is 5.32 Å². The van der Waals surface area contributed by atoms with Crippen LogP contribution in [0.25, 0.3) is 0 Å². The molecular formula is C10H17NO3. The molecule has 1 rings (SSSR count). The molecule has 0 unspecified atom stereocenters. The summed E-state index contributed by atoms with van der Waals surface area (Å²) >= 11 is 0. The molecule has 0 saturated heterocycles. The number of furan rings is 1. The lowest BCUT2D eigenvalue weighted by atomic mass is 10.4. The number of nitrogens with one attached hydrogen (secondary N) is 1. The Bertz CT molecular complexity index is 247. The standard InChI is InChI=1S/C10H17NO3/c1-11-7-9-3-4-10(14-9)8-13-6-5-12-2/h3-4,11H,5-8H2,1-2H3. The van der Waals surface area contributed by atoms with Gasteiger partial charge in [-0.2, -0.15) is 0 Å². The van der Waals surface area contributed by atoms with E-state index in [1.807, 2.05) is 19.2 Å². The lowest BCUT2D eigenvalue weighted by Crippen LogP contribution is -2.03. The fraction of sp³-hybridized carbons (Fsp3) is 0.600. The first kappa shape index (κ1) is 11.2. The van der Waals surface area contributed by atoms with Crippen molar-refractivity contribution < 1.29 is 13.9 Å². The molecule has 14 heavy (non-hydrogen) atoms. The van der Waals surface area contributed by atoms with Crippen LogP contribution in [0.2, 0.25) is 0 Å². The highest BCUT2D eigenvalue weighted by Gasteiger charge is 2.00. The van der Waals surface area contributed by atoms with Crippen molar-refractivity contribution in [3.05, 3.63) is 23.7 Å². The van der Waals surface area contributed by atoms with Gasteiger partial charge in [-0.3, -0.25) is 0 Å². The Kier molecular flexibility index (Phi) is 5.29. The lowest BCUT2D eigenvalue weighted by Gasteiger charge is -2.00. The maximum atomic E-state index is 5.48. The van der Waals surface area contributed by atoms with Crippen molar-refractivity contribution >= 4 is 0 Å². The van der Waals surface area contributed by atoms with Crippen molar-refractivity contribution in [2.45, 2.75) is 13.2 Å². The predicted octanol–water partition coefficient (Wildman–Crippen LogP) is 1.16. The molecule has 4 heteroatoms. The third kappa shape index (κ3) is 3.91. The van der Waals surface area contributed by atoms with Gasteiger partial charge in [0.1, 0.15) is 18.1 Å². The summed E-state index contributed by atoms with van der Waals surface area (Å²) in [4.78, 5) is 0. The van der Waals surface area contributed by atoms with Crippen LogP contribution in [-0.4, -0.2) is 27.4 Å². The monoisotopic (exact) mass is 199 g/mol. The van der Waals surface area contributed by atoms with Crippen molar-refractivity contribution in [3.8, 4) is 0 Å². The second-order valence-corrected chi connectivity index (χ2v) is 2.94. The largest absolute Gasteiger partial charge is 0.462 e. The summed E-state index contributed by atoms with van der Waals surface area (Å²) in [5.74, 6) is 1.78. The van der Waals surface area contributed by atoms with Crippen molar-refractivity contribution in [2.24, 2.45) is 0 Å². The molecule has 0 atom stereocenters. The molecule has 80 valence electrons. The molecule has 0 fully saturated rings. The molecule has 0 aliphatic heterocycles. The molecule has 0 aliphatic carbocycles. The van der Waals surface area contributed by atoms with E-state index in [4.69, 9.17) is 13.9 Å². The van der Waals surface area contributed by atoms with E-state index in [1.54, 1.807) is 7.11 Å². The van der Waals surface area contributed by atoms with Gasteiger partial charge in [0.05, 0.1) is 19.8 Å². The Morgan fingerprint density at radius 3 is 2.79 bits per heavy atom. The molecule has 0 spiro atoms. The fourth-order valence-corrected chi connectivity index (χ4v) is 1.08. The molecule has 0 amide bonds. The summed E-state index contributed by atoms with van der Waals surface area (Å²) in [7, 11) is 3.54. The Morgan fingerprint density at radius 2 is 2.07 bits per heavy atom. The molecule has 4 nitrogen and oxygen atoms in total. The van der Waals surface area contributed by atoms with E-state index < -0.39 is 0 Å². The summed E-state index contributed by atoms with van der Waals surface area (Å²) in [5, 5.41) is 3.02. The summed E-state index contributed by atoms with van der Waals surface area (Å²) in [6.07, 6.45) is 0. The molecule has 0 aromatic carbocycles. The lowest BCUT2D eigenvalue weighted by molar-refractivity contribution is 0.0533. The average molecular weight is 199 g/mol. The van der Waals surface area contributed by atoms with E-state index in [0.29, 0.717) is 19.8 Å². The van der Waals surface area contributed by atoms with Crippen LogP contribution in [0.5, 0.6) is 0 Å². The van der Waals surface area contributed by atoms with Crippen LogP contribution < -0.4 is 5.32 Å². The Hall–Kier alpha value is -0.840. The van der Waals surface area contributed by atoms with Gasteiger partial charge in [-0.25, -0.2) is 0 Å². The van der Waals surface area contributed by atoms with Crippen LogP contribution in [-0.2, 0) is 22.6 Å². The minimum absolute atomic E-state index is 0.507. The van der Waals surface area contributed by atoms with Gasteiger partial charge in [0.15, 0.2) is 0 Å². The summed E-state index contributed by atoms with van der Waals surface area (Å²) in [6, 6.07) is 3.88. The minimum Gasteiger partial charge on any atom is -0.462 e. The number of hydrogen-bond acceptors (Lipinski definition) is 4. The number of ether oxygens (including phenoxy) is 2. The van der Waals surface area contributed by atoms with Crippen LogP contribution >= 0.6 is 0 Å². The molecule has 1 heterocycles. The first-order chi connectivity index (χ1) is 6.86. The van der Waals surface area contributed by atoms with Gasteiger partial charge in [-0.15, -0.1) is 0 Å². The highest BCUT2D eigenvalue weighted by atomic mass is 16.5. The third-order valence-corrected chi connectivity index (χ3v) is 1.74. The summed E-state index contributed by atoms with van der Waals surface area (Å²) in [5.41, 5.74) is 0. The average Bonchev–Trinajstić information content (AvgIpc) is 2.61. The molecule has 1 aromatic rings. The summed E-state index contributed by atoms with van der Waals surface area (Å²) in [6.45, 7) is 2.47. The first-order valence-corrected chi connectivity index (χ1v) is 4.65. The molecular weight excluding hydrogens is 182 g/mol. The summed E-state index contributed by atoms with van der Waals surface area (Å²) < 4.78 is 15.6. The van der Waals surface area contributed by atoms with Gasteiger partial charge in [0.25, 0.3) is 0 Å². The van der Waals surface area contributed by atoms with E-state index >= 15 is 0 Å². The first-order valence-electron chi connectivity index (χ1n) is 4.65. The molecule has 0 bridgehead atoms. The van der Waals surface area contributed by atoms with Gasteiger partial charge in [0.2, 0.25) is 0 Å².